The Balaban J connectivity index is 1.66. The number of amides is 2. The molecule has 142 valence electrons. The summed E-state index contributed by atoms with van der Waals surface area (Å²) in [6.07, 6.45) is 1.50. The van der Waals surface area contributed by atoms with E-state index < -0.39 is 0 Å². The van der Waals surface area contributed by atoms with Crippen molar-refractivity contribution in [1.82, 2.24) is 20.2 Å². The zero-order valence-corrected chi connectivity index (χ0v) is 15.8. The smallest absolute Gasteiger partial charge is 0.256 e. The van der Waals surface area contributed by atoms with Gasteiger partial charge in [-0.25, -0.2) is 9.97 Å². The first kappa shape index (κ1) is 17.9. The van der Waals surface area contributed by atoms with E-state index in [1.165, 1.54) is 13.1 Å². The Bertz CT molecular complexity index is 1090. The molecule has 0 saturated carbocycles. The second-order valence-electron chi connectivity index (χ2n) is 7.13. The average molecular weight is 375 g/mol. The molecule has 3 aromatic rings. The fraction of sp³-hybridized carbons (Fsp3) is 0.238. The molecular weight excluding hydrogens is 354 g/mol. The fourth-order valence-corrected chi connectivity index (χ4v) is 3.47. The van der Waals surface area contributed by atoms with Gasteiger partial charge in [-0.15, -0.1) is 0 Å². The number of aromatic nitrogens is 2. The number of nitrogens with two attached hydrogens (primary N) is 1. The maximum Gasteiger partial charge on any atom is 0.256 e. The van der Waals surface area contributed by atoms with Crippen LogP contribution in [0.5, 0.6) is 0 Å². The lowest BCUT2D eigenvalue weighted by Gasteiger charge is -2.39. The summed E-state index contributed by atoms with van der Waals surface area (Å²) >= 11 is 0. The molecule has 0 unspecified atom stereocenters. The largest absolute Gasteiger partial charge is 0.382 e. The molecule has 1 aliphatic rings. The predicted molar refractivity (Wildman–Crippen MR) is 108 cm³/mol. The van der Waals surface area contributed by atoms with Crippen LogP contribution in [0, 0.1) is 6.92 Å². The number of carbonyl (C=O) groups excluding carboxylic acids is 2. The van der Waals surface area contributed by atoms with E-state index in [4.69, 9.17) is 5.73 Å². The van der Waals surface area contributed by atoms with Gasteiger partial charge >= 0.3 is 0 Å². The molecule has 0 spiro atoms. The molecule has 7 heteroatoms. The number of aryl methyl sites for hydroxylation is 1. The molecule has 2 aromatic heterocycles. The van der Waals surface area contributed by atoms with Crippen LogP contribution in [0.25, 0.3) is 22.2 Å². The summed E-state index contributed by atoms with van der Waals surface area (Å²) in [4.78, 5) is 34.6. The highest BCUT2D eigenvalue weighted by molar-refractivity contribution is 6.08. The molecule has 1 aliphatic heterocycles. The Morgan fingerprint density at radius 1 is 1.21 bits per heavy atom. The van der Waals surface area contributed by atoms with Crippen molar-refractivity contribution in [2.24, 2.45) is 0 Å². The lowest BCUT2D eigenvalue weighted by Crippen LogP contribution is -2.60. The van der Waals surface area contributed by atoms with Crippen molar-refractivity contribution in [3.63, 3.8) is 0 Å². The molecule has 2 amide bonds. The molecule has 3 heterocycles. The van der Waals surface area contributed by atoms with Crippen molar-refractivity contribution in [1.29, 1.82) is 0 Å². The van der Waals surface area contributed by atoms with Crippen molar-refractivity contribution in [2.75, 3.05) is 18.8 Å². The highest BCUT2D eigenvalue weighted by atomic mass is 16.2. The second kappa shape index (κ2) is 6.92. The minimum Gasteiger partial charge on any atom is -0.382 e. The van der Waals surface area contributed by atoms with Gasteiger partial charge in [0.1, 0.15) is 11.3 Å². The fourth-order valence-electron chi connectivity index (χ4n) is 3.47. The van der Waals surface area contributed by atoms with Crippen LogP contribution >= 0.6 is 0 Å². The number of carbonyl (C=O) groups is 2. The summed E-state index contributed by atoms with van der Waals surface area (Å²) in [5, 5.41) is 3.49. The minimum absolute atomic E-state index is 0.000466. The van der Waals surface area contributed by atoms with E-state index in [9.17, 15) is 9.59 Å². The van der Waals surface area contributed by atoms with Crippen LogP contribution in [0.3, 0.4) is 0 Å². The van der Waals surface area contributed by atoms with Gasteiger partial charge in [0.2, 0.25) is 5.91 Å². The monoisotopic (exact) mass is 375 g/mol. The van der Waals surface area contributed by atoms with E-state index >= 15 is 0 Å². The number of rotatable bonds is 3. The standard InChI is InChI=1S/C21H21N5O2/c1-12-4-3-5-14(8-12)18-7-6-16-17(9-23-20(22)19(16)25-18)21(28)26-10-15(11-26)24-13(2)27/h3-9,15H,10-11H2,1-2H3,(H2,22,23)(H,24,27). The average Bonchev–Trinajstić information content (AvgIpc) is 2.64. The van der Waals surface area contributed by atoms with Crippen molar-refractivity contribution >= 4 is 28.5 Å². The Labute approximate surface area is 162 Å². The van der Waals surface area contributed by atoms with Crippen molar-refractivity contribution in [3.05, 3.63) is 53.7 Å². The second-order valence-corrected chi connectivity index (χ2v) is 7.13. The zero-order valence-electron chi connectivity index (χ0n) is 15.8. The molecular formula is C21H21N5O2. The van der Waals surface area contributed by atoms with E-state index in [0.29, 0.717) is 35.4 Å². The number of nitrogen functional groups attached to an aromatic ring is 1. The van der Waals surface area contributed by atoms with Crippen LogP contribution in [-0.2, 0) is 4.79 Å². The summed E-state index contributed by atoms with van der Waals surface area (Å²) in [7, 11) is 0. The number of benzene rings is 1. The number of likely N-dealkylation sites (tertiary alicyclic amines) is 1. The number of nitrogens with zero attached hydrogens (tertiary/aromatic N) is 3. The predicted octanol–water partition coefficient (Wildman–Crippen LogP) is 2.15. The van der Waals surface area contributed by atoms with Gasteiger partial charge in [0.05, 0.1) is 17.3 Å². The number of hydrogen-bond donors (Lipinski definition) is 2. The van der Waals surface area contributed by atoms with E-state index in [0.717, 1.165) is 16.8 Å². The van der Waals surface area contributed by atoms with Crippen LogP contribution in [0.15, 0.2) is 42.6 Å². The van der Waals surface area contributed by atoms with Gasteiger partial charge in [-0.05, 0) is 25.1 Å². The molecule has 4 rings (SSSR count). The van der Waals surface area contributed by atoms with E-state index in [2.05, 4.69) is 21.4 Å². The van der Waals surface area contributed by atoms with Gasteiger partial charge in [0.25, 0.3) is 5.91 Å². The van der Waals surface area contributed by atoms with Gasteiger partial charge < -0.3 is 16.0 Å². The molecule has 0 atom stereocenters. The topological polar surface area (TPSA) is 101 Å². The summed E-state index contributed by atoms with van der Waals surface area (Å²) in [5.41, 5.74) is 9.95. The number of anilines is 1. The molecule has 0 aliphatic carbocycles. The lowest BCUT2D eigenvalue weighted by atomic mass is 10.0. The molecule has 28 heavy (non-hydrogen) atoms. The number of nitrogens with one attached hydrogen (secondary N) is 1. The highest BCUT2D eigenvalue weighted by Gasteiger charge is 2.32. The van der Waals surface area contributed by atoms with Gasteiger partial charge in [0.15, 0.2) is 0 Å². The molecule has 3 N–H and O–H groups in total. The Hall–Kier alpha value is -3.48. The number of hydrogen-bond acceptors (Lipinski definition) is 5. The van der Waals surface area contributed by atoms with Crippen molar-refractivity contribution in [3.8, 4) is 11.3 Å². The molecule has 0 radical (unpaired) electrons. The van der Waals surface area contributed by atoms with Crippen LogP contribution in [-0.4, -0.2) is 45.8 Å². The van der Waals surface area contributed by atoms with Crippen LogP contribution in [0.1, 0.15) is 22.8 Å². The third kappa shape index (κ3) is 3.26. The van der Waals surface area contributed by atoms with Gasteiger partial charge in [-0.1, -0.05) is 23.8 Å². The summed E-state index contributed by atoms with van der Waals surface area (Å²) in [6.45, 7) is 4.47. The number of pyridine rings is 2. The normalized spacial score (nSPS) is 14.0. The molecule has 1 aromatic carbocycles. The van der Waals surface area contributed by atoms with E-state index in [-0.39, 0.29) is 17.9 Å². The molecule has 7 nitrogen and oxygen atoms in total. The van der Waals surface area contributed by atoms with Gasteiger partial charge in [-0.3, -0.25) is 9.59 Å². The van der Waals surface area contributed by atoms with Crippen LogP contribution in [0.2, 0.25) is 0 Å². The SMILES string of the molecule is CC(=O)NC1CN(C(=O)c2cnc(N)c3nc(-c4cccc(C)c4)ccc23)C1. The molecule has 1 saturated heterocycles. The first-order valence-corrected chi connectivity index (χ1v) is 9.11. The zero-order chi connectivity index (χ0) is 19.8. The minimum atomic E-state index is -0.135. The van der Waals surface area contributed by atoms with Crippen LogP contribution < -0.4 is 11.1 Å². The maximum absolute atomic E-state index is 12.9. The van der Waals surface area contributed by atoms with E-state index in [1.54, 1.807) is 4.90 Å². The quantitative estimate of drug-likeness (QED) is 0.730. The van der Waals surface area contributed by atoms with E-state index in [1.807, 2.05) is 37.3 Å². The summed E-state index contributed by atoms with van der Waals surface area (Å²) < 4.78 is 0. The third-order valence-corrected chi connectivity index (χ3v) is 4.88. The highest BCUT2D eigenvalue weighted by Crippen LogP contribution is 2.27. The third-order valence-electron chi connectivity index (χ3n) is 4.88. The lowest BCUT2D eigenvalue weighted by molar-refractivity contribution is -0.120. The summed E-state index contributed by atoms with van der Waals surface area (Å²) in [6, 6.07) is 11.8. The number of fused-ring (bicyclic) bond motifs is 1. The maximum atomic E-state index is 12.9. The summed E-state index contributed by atoms with van der Waals surface area (Å²) in [5.74, 6) is 0.0644. The molecule has 0 bridgehead atoms. The van der Waals surface area contributed by atoms with Crippen molar-refractivity contribution < 1.29 is 9.59 Å². The van der Waals surface area contributed by atoms with Crippen LogP contribution in [0.4, 0.5) is 5.82 Å². The molecule has 1 fully saturated rings. The first-order valence-electron chi connectivity index (χ1n) is 9.11. The Kier molecular flexibility index (Phi) is 4.43. The first-order chi connectivity index (χ1) is 13.4. The Morgan fingerprint density at radius 3 is 2.71 bits per heavy atom. The van der Waals surface area contributed by atoms with Gasteiger partial charge in [-0.2, -0.15) is 0 Å². The van der Waals surface area contributed by atoms with Crippen molar-refractivity contribution in [2.45, 2.75) is 19.9 Å². The van der Waals surface area contributed by atoms with Gasteiger partial charge in [0, 0.05) is 37.2 Å². The Morgan fingerprint density at radius 2 is 2.00 bits per heavy atom.